The Morgan fingerprint density at radius 3 is 0.926 bits per heavy atom. The van der Waals surface area contributed by atoms with Crippen LogP contribution in [0.25, 0.3) is 166 Å². The first-order valence-electron chi connectivity index (χ1n) is 32.7. The molecule has 0 radical (unpaired) electrons. The summed E-state index contributed by atoms with van der Waals surface area (Å²) in [6.45, 7) is 9.44. The van der Waals surface area contributed by atoms with Crippen LogP contribution in [0.4, 0.5) is 0 Å². The summed E-state index contributed by atoms with van der Waals surface area (Å²) in [7, 11) is 0. The molecule has 0 atom stereocenters. The highest BCUT2D eigenvalue weighted by Crippen LogP contribution is 2.52. The quantitative estimate of drug-likeness (QED) is 0.160. The van der Waals surface area contributed by atoms with Gasteiger partial charge in [-0.25, -0.2) is 9.97 Å². The average molecular weight is 1200 g/mol. The zero-order valence-electron chi connectivity index (χ0n) is 52.4. The molecule has 0 N–H and O–H groups in total. The summed E-state index contributed by atoms with van der Waals surface area (Å²) in [5.74, 6) is 2.24. The van der Waals surface area contributed by atoms with E-state index in [1.54, 1.807) is 0 Å². The standard InChI is InChI=1S/C88H60N6/c1-87(2)72-28-14-8-22-60(72)62-40-38-58(50-74(62)87)91-76-30-16-10-24-64(76)68-46-54(34-42-80(68)91)56-36-44-82-70(48-56)66-26-12-18-32-78(66)93(82)84-52-85(90-86(89-84)53-20-6-5-7-21-53)94-79-33-19-13-27-67(79)71-49-57(37-45-83(71)94)55-35-43-81-69(47-55)65-25-11-17-31-77(65)92(81)59-39-41-63-61-23-9-15-29-73(61)88(3,4)75(63)51-59/h5-52H,1-4H3. The Balaban J connectivity index is 0.704. The van der Waals surface area contributed by atoms with Crippen LogP contribution in [-0.4, -0.2) is 28.2 Å². The Labute approximate surface area is 543 Å². The SMILES string of the molecule is CC1(C)c2ccccc2-c2ccc(-n3c4ccccc4c4cc(-c5ccc6c(c5)c5ccccc5n6-c5cc(-n6c7ccccc7c7cc(-c8ccc9c(c8)c8ccccc8n9-c8ccc9c(c8)C(C)(C)c8ccccc8-9)ccc76)nc(-c6ccccc6)n5)ccc43)cc21. The summed E-state index contributed by atoms with van der Waals surface area (Å²) in [5.41, 5.74) is 27.6. The van der Waals surface area contributed by atoms with Crippen molar-refractivity contribution in [3.8, 4) is 78.9 Å². The minimum atomic E-state index is -0.102. The molecule has 0 saturated heterocycles. The molecule has 0 unspecified atom stereocenters. The lowest BCUT2D eigenvalue weighted by Crippen LogP contribution is -2.15. The first kappa shape index (κ1) is 52.9. The van der Waals surface area contributed by atoms with Gasteiger partial charge in [-0.2, -0.15) is 0 Å². The molecule has 2 aliphatic rings. The van der Waals surface area contributed by atoms with Crippen LogP contribution in [0.15, 0.2) is 291 Å². The van der Waals surface area contributed by atoms with E-state index >= 15 is 0 Å². The van der Waals surface area contributed by atoms with E-state index in [-0.39, 0.29) is 10.8 Å². The van der Waals surface area contributed by atoms with Crippen LogP contribution in [0.2, 0.25) is 0 Å². The Kier molecular flexibility index (Phi) is 10.9. The first-order valence-corrected chi connectivity index (χ1v) is 32.7. The van der Waals surface area contributed by atoms with Gasteiger partial charge >= 0.3 is 0 Å². The highest BCUT2D eigenvalue weighted by atomic mass is 15.1. The van der Waals surface area contributed by atoms with Gasteiger partial charge in [-0.15, -0.1) is 0 Å². The lowest BCUT2D eigenvalue weighted by atomic mass is 9.82. The molecular formula is C88H60N6. The minimum Gasteiger partial charge on any atom is -0.309 e. The molecule has 0 fully saturated rings. The molecule has 2 aliphatic carbocycles. The van der Waals surface area contributed by atoms with E-state index in [1.807, 2.05) is 0 Å². The molecule has 5 aromatic heterocycles. The van der Waals surface area contributed by atoms with E-state index in [1.165, 1.54) is 111 Å². The normalized spacial score (nSPS) is 13.7. The van der Waals surface area contributed by atoms with Crippen molar-refractivity contribution >= 4 is 87.2 Å². The van der Waals surface area contributed by atoms with E-state index < -0.39 is 0 Å². The van der Waals surface area contributed by atoms with Crippen LogP contribution in [0.3, 0.4) is 0 Å². The molecule has 94 heavy (non-hydrogen) atoms. The van der Waals surface area contributed by atoms with Crippen molar-refractivity contribution in [3.63, 3.8) is 0 Å². The predicted octanol–water partition coefficient (Wildman–Crippen LogP) is 22.5. The van der Waals surface area contributed by atoms with Crippen LogP contribution >= 0.6 is 0 Å². The van der Waals surface area contributed by atoms with E-state index in [0.717, 1.165) is 71.9 Å². The number of para-hydroxylation sites is 4. The van der Waals surface area contributed by atoms with Crippen LogP contribution in [0.1, 0.15) is 49.9 Å². The maximum atomic E-state index is 5.51. The van der Waals surface area contributed by atoms with Crippen molar-refractivity contribution in [3.05, 3.63) is 313 Å². The molecule has 20 rings (SSSR count). The Bertz CT molecular complexity index is 5940. The van der Waals surface area contributed by atoms with E-state index in [0.29, 0.717) is 5.82 Å². The highest BCUT2D eigenvalue weighted by Gasteiger charge is 2.37. The smallest absolute Gasteiger partial charge is 0.163 e. The number of hydrogen-bond acceptors (Lipinski definition) is 2. The van der Waals surface area contributed by atoms with Gasteiger partial charge in [-0.3, -0.25) is 9.13 Å². The zero-order chi connectivity index (χ0) is 62.3. The predicted molar refractivity (Wildman–Crippen MR) is 391 cm³/mol. The van der Waals surface area contributed by atoms with E-state index in [4.69, 9.17) is 9.97 Å². The van der Waals surface area contributed by atoms with Crippen molar-refractivity contribution in [2.45, 2.75) is 38.5 Å². The van der Waals surface area contributed by atoms with E-state index in [2.05, 4.69) is 337 Å². The molecule has 0 saturated carbocycles. The van der Waals surface area contributed by atoms with Crippen LogP contribution < -0.4 is 0 Å². The average Bonchev–Trinajstić information content (AvgIpc) is 1.58. The van der Waals surface area contributed by atoms with Gasteiger partial charge in [-0.1, -0.05) is 216 Å². The maximum absolute atomic E-state index is 5.51. The molecule has 0 aliphatic heterocycles. The lowest BCUT2D eigenvalue weighted by molar-refractivity contribution is 0.660. The number of hydrogen-bond donors (Lipinski definition) is 0. The molecule has 6 heteroatoms. The fourth-order valence-electron chi connectivity index (χ4n) is 16.7. The third-order valence-electron chi connectivity index (χ3n) is 21.2. The summed E-state index contributed by atoms with van der Waals surface area (Å²) >= 11 is 0. The van der Waals surface area contributed by atoms with Gasteiger partial charge < -0.3 is 9.13 Å². The second kappa shape index (κ2) is 19.3. The van der Waals surface area contributed by atoms with Gasteiger partial charge in [0.1, 0.15) is 11.6 Å². The van der Waals surface area contributed by atoms with E-state index in [9.17, 15) is 0 Å². The molecule has 13 aromatic carbocycles. The molecule has 6 nitrogen and oxygen atoms in total. The van der Waals surface area contributed by atoms with Crippen LogP contribution in [0, 0.1) is 0 Å². The fourth-order valence-corrected chi connectivity index (χ4v) is 16.7. The molecule has 0 amide bonds. The monoisotopic (exact) mass is 1200 g/mol. The van der Waals surface area contributed by atoms with Crippen molar-refractivity contribution in [1.82, 2.24) is 28.2 Å². The van der Waals surface area contributed by atoms with Gasteiger partial charge in [0.2, 0.25) is 0 Å². The van der Waals surface area contributed by atoms with Crippen molar-refractivity contribution in [2.24, 2.45) is 0 Å². The third kappa shape index (κ3) is 7.42. The maximum Gasteiger partial charge on any atom is 0.163 e. The largest absolute Gasteiger partial charge is 0.309 e. The van der Waals surface area contributed by atoms with Gasteiger partial charge in [-0.05, 0) is 164 Å². The number of rotatable bonds is 7. The lowest BCUT2D eigenvalue weighted by Gasteiger charge is -2.22. The minimum absolute atomic E-state index is 0.102. The molecule has 5 heterocycles. The summed E-state index contributed by atoms with van der Waals surface area (Å²) in [4.78, 5) is 11.0. The van der Waals surface area contributed by atoms with Gasteiger partial charge in [0.15, 0.2) is 5.82 Å². The summed E-state index contributed by atoms with van der Waals surface area (Å²) in [5, 5.41) is 9.55. The number of nitrogens with zero attached hydrogens (tertiary/aromatic N) is 6. The van der Waals surface area contributed by atoms with Crippen molar-refractivity contribution in [1.29, 1.82) is 0 Å². The molecule has 0 spiro atoms. The molecule has 0 bridgehead atoms. The van der Waals surface area contributed by atoms with Gasteiger partial charge in [0, 0.05) is 76.9 Å². The van der Waals surface area contributed by atoms with Crippen LogP contribution in [-0.2, 0) is 10.8 Å². The molecular weight excluding hydrogens is 1140 g/mol. The molecule has 442 valence electrons. The van der Waals surface area contributed by atoms with Crippen LogP contribution in [0.5, 0.6) is 0 Å². The fraction of sp³-hybridized carbons (Fsp3) is 0.0682. The Morgan fingerprint density at radius 2 is 0.532 bits per heavy atom. The summed E-state index contributed by atoms with van der Waals surface area (Å²) < 4.78 is 9.58. The number of fused-ring (bicyclic) bond motifs is 18. The first-order chi connectivity index (χ1) is 46.1. The Morgan fingerprint density at radius 1 is 0.223 bits per heavy atom. The van der Waals surface area contributed by atoms with Crippen molar-refractivity contribution < 1.29 is 0 Å². The summed E-state index contributed by atoms with van der Waals surface area (Å²) in [6, 6.07) is 108. The topological polar surface area (TPSA) is 45.5 Å². The zero-order valence-corrected chi connectivity index (χ0v) is 52.4. The van der Waals surface area contributed by atoms with Gasteiger partial charge in [0.05, 0.1) is 44.1 Å². The second-order valence-corrected chi connectivity index (χ2v) is 26.9. The van der Waals surface area contributed by atoms with Crippen molar-refractivity contribution in [2.75, 3.05) is 0 Å². The number of benzene rings is 13. The highest BCUT2D eigenvalue weighted by molar-refractivity contribution is 6.15. The van der Waals surface area contributed by atoms with Gasteiger partial charge in [0.25, 0.3) is 0 Å². The Hall–Kier alpha value is -11.9. The summed E-state index contributed by atoms with van der Waals surface area (Å²) in [6.07, 6.45) is 0. The second-order valence-electron chi connectivity index (χ2n) is 26.9. The third-order valence-corrected chi connectivity index (χ3v) is 21.2. The molecule has 18 aromatic rings. The number of aromatic nitrogens is 6.